The number of benzene rings is 1. The summed E-state index contributed by atoms with van der Waals surface area (Å²) in [4.78, 5) is 0. The molecule has 18 heavy (non-hydrogen) atoms. The molecule has 0 aromatic heterocycles. The zero-order valence-corrected chi connectivity index (χ0v) is 16.5. The Bertz CT molecular complexity index is 434. The summed E-state index contributed by atoms with van der Waals surface area (Å²) in [6, 6.07) is 10.5. The monoisotopic (exact) mass is 310 g/mol. The number of hydrogen-bond donors (Lipinski definition) is 0. The fourth-order valence-electron chi connectivity index (χ4n) is 0.838. The van der Waals surface area contributed by atoms with E-state index < -0.39 is 19.3 Å². The van der Waals surface area contributed by atoms with E-state index in [0.717, 1.165) is 0 Å². The van der Waals surface area contributed by atoms with Crippen LogP contribution in [0.5, 0.6) is 0 Å². The van der Waals surface area contributed by atoms with Crippen LogP contribution in [0.25, 0.3) is 0 Å². The Morgan fingerprint density at radius 3 is 1.61 bits per heavy atom. The maximum Gasteiger partial charge on any atom is 1.00 e. The minimum Gasteiger partial charge on any atom is -0.761 e. The Labute approximate surface area is 154 Å². The van der Waals surface area contributed by atoms with Crippen molar-refractivity contribution in [2.75, 3.05) is 0 Å². The molecule has 92 valence electrons. The van der Waals surface area contributed by atoms with Gasteiger partial charge in [-0.2, -0.15) is 0 Å². The molecule has 0 aliphatic rings. The Morgan fingerprint density at radius 2 is 1.44 bits per heavy atom. The first-order valence-electron chi connectivity index (χ1n) is 4.35. The van der Waals surface area contributed by atoms with Crippen LogP contribution >= 0.6 is 0 Å². The van der Waals surface area contributed by atoms with Crippen molar-refractivity contribution in [3.8, 4) is 0 Å². The maximum absolute atomic E-state index is 9.16. The van der Waals surface area contributed by atoms with E-state index >= 15 is 0 Å². The molecule has 1 unspecified atom stereocenters. The molecule has 0 N–H and O–H groups in total. The van der Waals surface area contributed by atoms with Gasteiger partial charge in [0, 0.05) is 0 Å². The Balaban J connectivity index is -0.000000232. The molecular weight excluding hydrogens is 298 g/mol. The third kappa shape index (κ3) is 12.3. The van der Waals surface area contributed by atoms with Gasteiger partial charge in [-0.3, -0.25) is 4.21 Å². The van der Waals surface area contributed by atoms with E-state index in [1.165, 1.54) is 5.56 Å². The van der Waals surface area contributed by atoms with Crippen molar-refractivity contribution >= 4 is 19.3 Å². The molecule has 5 nitrogen and oxygen atoms in total. The Kier molecular flexibility index (Phi) is 16.2. The van der Waals surface area contributed by atoms with Gasteiger partial charge in [-0.25, -0.2) is 8.42 Å². The van der Waals surface area contributed by atoms with Crippen LogP contribution in [-0.2, 0) is 19.3 Å². The van der Waals surface area contributed by atoms with Crippen molar-refractivity contribution in [1.29, 1.82) is 0 Å². The molecule has 0 bridgehead atoms. The topological polar surface area (TPSA) is 97.3 Å². The van der Waals surface area contributed by atoms with Crippen LogP contribution in [0.1, 0.15) is 25.3 Å². The number of hydrogen-bond acceptors (Lipinski definition) is 5. The molecule has 0 saturated heterocycles. The van der Waals surface area contributed by atoms with Gasteiger partial charge in [0.25, 0.3) is 0 Å². The zero-order valence-electron chi connectivity index (χ0n) is 10.8. The largest absolute Gasteiger partial charge is 1.00 e. The van der Waals surface area contributed by atoms with Crippen molar-refractivity contribution in [2.45, 2.75) is 19.8 Å². The summed E-state index contributed by atoms with van der Waals surface area (Å²) in [5, 5.41) is 0. The molecule has 1 rings (SSSR count). The summed E-state index contributed by atoms with van der Waals surface area (Å²) in [5.74, 6) is 0.659. The van der Waals surface area contributed by atoms with Crippen molar-refractivity contribution < 1.29 is 80.8 Å². The summed E-state index contributed by atoms with van der Waals surface area (Å²) in [6.07, 6.45) is 0. The average Bonchev–Trinajstić information content (AvgIpc) is 2.18. The van der Waals surface area contributed by atoms with Gasteiger partial charge < -0.3 is 9.11 Å². The normalized spacial score (nSPS) is 11.4. The van der Waals surface area contributed by atoms with Crippen molar-refractivity contribution in [2.24, 2.45) is 0 Å². The van der Waals surface area contributed by atoms with Crippen LogP contribution in [0, 0.1) is 0 Å². The molecular formula is C9H12Na2O5S2. The fraction of sp³-hybridized carbons (Fsp3) is 0.333. The smallest absolute Gasteiger partial charge is 0.761 e. The molecule has 0 heterocycles. The van der Waals surface area contributed by atoms with Gasteiger partial charge in [-0.05, 0) is 11.5 Å². The molecule has 0 radical (unpaired) electrons. The molecule has 1 aromatic rings. The Hall–Kier alpha value is 1.24. The molecule has 1 aromatic carbocycles. The van der Waals surface area contributed by atoms with E-state index in [4.69, 9.17) is 21.7 Å². The zero-order chi connectivity index (χ0) is 12.8. The molecule has 9 heteroatoms. The van der Waals surface area contributed by atoms with Crippen LogP contribution in [-0.4, -0.2) is 21.7 Å². The first-order chi connectivity index (χ1) is 7.25. The van der Waals surface area contributed by atoms with E-state index in [0.29, 0.717) is 5.92 Å². The van der Waals surface area contributed by atoms with Crippen molar-refractivity contribution in [1.82, 2.24) is 0 Å². The van der Waals surface area contributed by atoms with Gasteiger partial charge >= 0.3 is 59.1 Å². The first-order valence-corrected chi connectivity index (χ1v) is 7.35. The van der Waals surface area contributed by atoms with Crippen LogP contribution < -0.4 is 59.1 Å². The minimum absolute atomic E-state index is 0. The first kappa shape index (κ1) is 24.3. The van der Waals surface area contributed by atoms with E-state index in [2.05, 4.69) is 38.1 Å². The second kappa shape index (κ2) is 12.0. The van der Waals surface area contributed by atoms with E-state index in [1.54, 1.807) is 0 Å². The third-order valence-corrected chi connectivity index (χ3v) is 2.97. The van der Waals surface area contributed by atoms with Gasteiger partial charge in [0.1, 0.15) is 0 Å². The van der Waals surface area contributed by atoms with Crippen LogP contribution in [0.2, 0.25) is 0 Å². The average molecular weight is 310 g/mol. The molecule has 0 saturated carbocycles. The molecule has 0 aliphatic heterocycles. The molecule has 1 atom stereocenters. The van der Waals surface area contributed by atoms with E-state index in [-0.39, 0.29) is 59.1 Å². The van der Waals surface area contributed by atoms with Crippen LogP contribution in [0.15, 0.2) is 30.3 Å². The van der Waals surface area contributed by atoms with Gasteiger partial charge in [0.2, 0.25) is 0 Å². The fourth-order valence-corrected chi connectivity index (χ4v) is 0.838. The van der Waals surface area contributed by atoms with Crippen molar-refractivity contribution in [3.05, 3.63) is 35.9 Å². The molecule has 0 spiro atoms. The predicted octanol–water partition coefficient (Wildman–Crippen LogP) is -4.86. The predicted molar refractivity (Wildman–Crippen MR) is 59.1 cm³/mol. The third-order valence-electron chi connectivity index (χ3n) is 1.63. The van der Waals surface area contributed by atoms with E-state index in [1.807, 2.05) is 6.07 Å². The molecule has 0 aliphatic carbocycles. The second-order valence-corrected chi connectivity index (χ2v) is 6.44. The summed E-state index contributed by atoms with van der Waals surface area (Å²) < 4.78 is 45.7. The summed E-state index contributed by atoms with van der Waals surface area (Å²) in [6.45, 7) is 4.41. The van der Waals surface area contributed by atoms with Crippen LogP contribution in [0.4, 0.5) is 0 Å². The standard InChI is InChI=1S/C9H12.2Na.H2O5S2/c1-8(2)9-6-4-3-5-7-9;;;1-6(2)7(3,4)5/h3-8H,1-2H3;;;(H,1,2)(H,3,4,5)/q;2*+1;/p-2. The van der Waals surface area contributed by atoms with Crippen molar-refractivity contribution in [3.63, 3.8) is 0 Å². The summed E-state index contributed by atoms with van der Waals surface area (Å²) in [7, 11) is -8.59. The molecule has 0 fully saturated rings. The van der Waals surface area contributed by atoms with Crippen LogP contribution in [0.3, 0.4) is 0 Å². The molecule has 0 amide bonds. The van der Waals surface area contributed by atoms with E-state index in [9.17, 15) is 0 Å². The minimum atomic E-state index is -5.07. The van der Waals surface area contributed by atoms with Gasteiger partial charge in [-0.15, -0.1) is 0 Å². The number of rotatable bonds is 2. The quantitative estimate of drug-likeness (QED) is 0.236. The SMILES string of the molecule is CC(C)c1ccccc1.O=S([O-])S(=O)(=O)[O-].[Na+].[Na+]. The van der Waals surface area contributed by atoms with Gasteiger partial charge in [0.05, 0.1) is 10.1 Å². The maximum atomic E-state index is 9.16. The second-order valence-electron chi connectivity index (χ2n) is 3.18. The summed E-state index contributed by atoms with van der Waals surface area (Å²) in [5.41, 5.74) is 1.41. The Morgan fingerprint density at radius 1 is 1.11 bits per heavy atom. The summed E-state index contributed by atoms with van der Waals surface area (Å²) >= 11 is 0. The van der Waals surface area contributed by atoms with Gasteiger partial charge in [-0.1, -0.05) is 44.2 Å². The van der Waals surface area contributed by atoms with Gasteiger partial charge in [0.15, 0.2) is 9.15 Å².